The van der Waals surface area contributed by atoms with Gasteiger partial charge in [-0.25, -0.2) is 17.2 Å². The Morgan fingerprint density at radius 2 is 1.71 bits per heavy atom. The van der Waals surface area contributed by atoms with Gasteiger partial charge in [0.2, 0.25) is 5.91 Å². The molecule has 2 aliphatic rings. The fourth-order valence-electron chi connectivity index (χ4n) is 4.11. The molecule has 0 radical (unpaired) electrons. The van der Waals surface area contributed by atoms with Crippen molar-refractivity contribution >= 4 is 27.4 Å². The van der Waals surface area contributed by atoms with Crippen LogP contribution in [-0.4, -0.2) is 67.3 Å². The van der Waals surface area contributed by atoms with E-state index in [9.17, 15) is 35.2 Å². The summed E-state index contributed by atoms with van der Waals surface area (Å²) >= 11 is 0. The lowest BCUT2D eigenvalue weighted by Crippen LogP contribution is -2.47. The van der Waals surface area contributed by atoms with Crippen molar-refractivity contribution in [3.63, 3.8) is 0 Å². The molecule has 2 saturated heterocycles. The van der Waals surface area contributed by atoms with Gasteiger partial charge in [0.05, 0.1) is 4.90 Å². The second-order valence-electron chi connectivity index (χ2n) is 8.17. The van der Waals surface area contributed by atoms with Gasteiger partial charge in [0.1, 0.15) is 11.7 Å². The Morgan fingerprint density at radius 3 is 2.24 bits per heavy atom. The summed E-state index contributed by atoms with van der Waals surface area (Å²) in [6.07, 6.45) is -2.78. The van der Waals surface area contributed by atoms with Gasteiger partial charge in [-0.1, -0.05) is 0 Å². The number of nitrogens with one attached hydrogen (secondary N) is 1. The minimum Gasteiger partial charge on any atom is -0.369 e. The third kappa shape index (κ3) is 4.79. The van der Waals surface area contributed by atoms with Crippen LogP contribution >= 0.6 is 0 Å². The fourth-order valence-corrected chi connectivity index (χ4v) is 4.75. The Labute approximate surface area is 190 Å². The monoisotopic (exact) mass is 509 g/mol. The molecule has 2 aliphatic heterocycles. The molecular weight excluding hydrogens is 489 g/mol. The molecule has 1 aromatic heterocycles. The summed E-state index contributed by atoms with van der Waals surface area (Å²) in [5, 5.41) is 5.90. The van der Waals surface area contributed by atoms with Gasteiger partial charge in [0, 0.05) is 31.9 Å². The van der Waals surface area contributed by atoms with Crippen molar-refractivity contribution in [1.29, 1.82) is 0 Å². The quantitative estimate of drug-likeness (QED) is 0.613. The molecule has 1 amide bonds. The van der Waals surface area contributed by atoms with Crippen molar-refractivity contribution in [2.45, 2.75) is 42.4 Å². The Morgan fingerprint density at radius 1 is 1.09 bits per heavy atom. The third-order valence-corrected chi connectivity index (χ3v) is 6.94. The molecule has 0 bridgehead atoms. The topological polar surface area (TPSA) is 109 Å². The zero-order valence-electron chi connectivity index (χ0n) is 17.8. The Bertz CT molecular complexity index is 1170. The number of aromatic nitrogens is 2. The summed E-state index contributed by atoms with van der Waals surface area (Å²) in [4.78, 5) is 18.8. The number of benzene rings is 1. The van der Waals surface area contributed by atoms with Gasteiger partial charge in [0.25, 0.3) is 5.95 Å². The number of piperidine rings is 1. The van der Waals surface area contributed by atoms with Crippen LogP contribution in [0.1, 0.15) is 25.2 Å². The van der Waals surface area contributed by atoms with Crippen molar-refractivity contribution < 1.29 is 39.7 Å². The first kappa shape index (κ1) is 24.2. The highest BCUT2D eigenvalue weighted by Crippen LogP contribution is 2.31. The van der Waals surface area contributed by atoms with Gasteiger partial charge < -0.3 is 19.6 Å². The number of carbonyl (C=O) groups is 1. The highest BCUT2D eigenvalue weighted by Gasteiger charge is 2.41. The number of rotatable bonds is 5. The summed E-state index contributed by atoms with van der Waals surface area (Å²) in [6.45, 7) is 0.908. The molecule has 3 heterocycles. The predicted molar refractivity (Wildman–Crippen MR) is 108 cm³/mol. The van der Waals surface area contributed by atoms with Crippen LogP contribution in [0, 0.1) is 11.6 Å². The second kappa shape index (κ2) is 8.67. The maximum Gasteiger partial charge on any atom is 0.471 e. The Hall–Kier alpha value is -2.97. The van der Waals surface area contributed by atoms with Crippen LogP contribution in [0.3, 0.4) is 0 Å². The molecule has 2 fully saturated rings. The van der Waals surface area contributed by atoms with E-state index in [1.54, 1.807) is 4.90 Å². The predicted octanol–water partition coefficient (Wildman–Crippen LogP) is 2.45. The standard InChI is InChI=1S/C19H20F5N5O4S/c1-34(31,32)11-8-12(20)15(13(21)9-11)25-14-4-7-29(16(14)30)10-2-5-28(6-3-10)18-26-17(33-27-18)19(22,23)24/h8-10,14,25H,2-7H2,1H3. The molecule has 9 nitrogen and oxygen atoms in total. The molecule has 1 atom stereocenters. The van der Waals surface area contributed by atoms with Crippen LogP contribution in [0.15, 0.2) is 21.6 Å². The van der Waals surface area contributed by atoms with Crippen LogP contribution in [0.4, 0.5) is 33.6 Å². The van der Waals surface area contributed by atoms with Gasteiger partial charge in [-0.3, -0.25) is 4.79 Å². The normalized spacial score (nSPS) is 20.3. The molecule has 34 heavy (non-hydrogen) atoms. The number of hydrogen-bond acceptors (Lipinski definition) is 8. The molecule has 15 heteroatoms. The minimum absolute atomic E-state index is 0.179. The van der Waals surface area contributed by atoms with E-state index < -0.39 is 50.2 Å². The average molecular weight is 509 g/mol. The summed E-state index contributed by atoms with van der Waals surface area (Å²) in [7, 11) is -3.81. The van der Waals surface area contributed by atoms with Gasteiger partial charge in [0.15, 0.2) is 21.5 Å². The van der Waals surface area contributed by atoms with E-state index in [0.717, 1.165) is 6.26 Å². The van der Waals surface area contributed by atoms with E-state index >= 15 is 0 Å². The van der Waals surface area contributed by atoms with Crippen molar-refractivity contribution in [2.75, 3.05) is 36.1 Å². The number of likely N-dealkylation sites (tertiary alicyclic amines) is 1. The lowest BCUT2D eigenvalue weighted by molar-refractivity contribution is -0.159. The minimum atomic E-state index is -4.74. The van der Waals surface area contributed by atoms with Gasteiger partial charge >= 0.3 is 12.1 Å². The van der Waals surface area contributed by atoms with Crippen LogP contribution < -0.4 is 10.2 Å². The zero-order chi connectivity index (χ0) is 24.8. The second-order valence-corrected chi connectivity index (χ2v) is 10.2. The summed E-state index contributed by atoms with van der Waals surface area (Å²) in [5.74, 6) is -4.24. The van der Waals surface area contributed by atoms with Gasteiger partial charge in [-0.15, -0.1) is 0 Å². The van der Waals surface area contributed by atoms with Crippen LogP contribution in [0.25, 0.3) is 0 Å². The number of carbonyl (C=O) groups excluding carboxylic acids is 1. The first-order valence-electron chi connectivity index (χ1n) is 10.3. The number of anilines is 2. The molecular formula is C19H20F5N5O4S. The molecule has 1 aromatic carbocycles. The number of alkyl halides is 3. The lowest BCUT2D eigenvalue weighted by Gasteiger charge is -2.36. The smallest absolute Gasteiger partial charge is 0.369 e. The van der Waals surface area contributed by atoms with Gasteiger partial charge in [-0.05, 0) is 36.6 Å². The summed E-state index contributed by atoms with van der Waals surface area (Å²) < 4.78 is 94.0. The van der Waals surface area contributed by atoms with E-state index in [0.29, 0.717) is 44.6 Å². The third-order valence-electron chi connectivity index (χ3n) is 5.85. The highest BCUT2D eigenvalue weighted by molar-refractivity contribution is 7.90. The van der Waals surface area contributed by atoms with E-state index in [1.165, 1.54) is 4.90 Å². The number of sulfone groups is 1. The SMILES string of the molecule is CS(=O)(=O)c1cc(F)c(NC2CCN(C3CCN(c4noc(C(F)(F)F)n4)CC3)C2=O)c(F)c1. The molecule has 1 unspecified atom stereocenters. The lowest BCUT2D eigenvalue weighted by atomic mass is 10.0. The highest BCUT2D eigenvalue weighted by atomic mass is 32.2. The molecule has 186 valence electrons. The van der Waals surface area contributed by atoms with Crippen molar-refractivity contribution in [1.82, 2.24) is 15.0 Å². The fraction of sp³-hybridized carbons (Fsp3) is 0.526. The Kier molecular flexibility index (Phi) is 6.16. The first-order chi connectivity index (χ1) is 15.8. The van der Waals surface area contributed by atoms with Crippen molar-refractivity contribution in [3.05, 3.63) is 29.7 Å². The van der Waals surface area contributed by atoms with Crippen molar-refractivity contribution in [2.24, 2.45) is 0 Å². The summed E-state index contributed by atoms with van der Waals surface area (Å²) in [5.41, 5.74) is -0.583. The van der Waals surface area contributed by atoms with Crippen molar-refractivity contribution in [3.8, 4) is 0 Å². The number of nitrogens with zero attached hydrogens (tertiary/aromatic N) is 4. The molecule has 0 aliphatic carbocycles. The zero-order valence-corrected chi connectivity index (χ0v) is 18.6. The van der Waals surface area contributed by atoms with Crippen LogP contribution in [0.5, 0.6) is 0 Å². The van der Waals surface area contributed by atoms with E-state index in [2.05, 4.69) is 20.0 Å². The molecule has 0 spiro atoms. The average Bonchev–Trinajstić information content (AvgIpc) is 3.37. The molecule has 2 aromatic rings. The van der Waals surface area contributed by atoms with E-state index in [4.69, 9.17) is 0 Å². The maximum absolute atomic E-state index is 14.4. The van der Waals surface area contributed by atoms with Crippen LogP contribution in [-0.2, 0) is 20.8 Å². The molecule has 1 N–H and O–H groups in total. The number of halogens is 5. The van der Waals surface area contributed by atoms with E-state index in [-0.39, 0.29) is 24.3 Å². The number of amides is 1. The molecule has 0 saturated carbocycles. The maximum atomic E-state index is 14.4. The largest absolute Gasteiger partial charge is 0.471 e. The molecule has 4 rings (SSSR count). The number of hydrogen-bond donors (Lipinski definition) is 1. The van der Waals surface area contributed by atoms with Gasteiger partial charge in [-0.2, -0.15) is 18.2 Å². The van der Waals surface area contributed by atoms with Crippen LogP contribution in [0.2, 0.25) is 0 Å². The summed E-state index contributed by atoms with van der Waals surface area (Å²) in [6, 6.07) is 0.260. The van der Waals surface area contributed by atoms with E-state index in [1.807, 2.05) is 0 Å². The Balaban J connectivity index is 1.38. The first-order valence-corrected chi connectivity index (χ1v) is 12.2.